The van der Waals surface area contributed by atoms with Gasteiger partial charge in [-0.15, -0.1) is 0 Å². The molecule has 0 saturated heterocycles. The molecule has 0 fully saturated rings. The third-order valence-corrected chi connectivity index (χ3v) is 7.31. The number of ether oxygens (including phenoxy) is 2. The summed E-state index contributed by atoms with van der Waals surface area (Å²) in [5.41, 5.74) is 0.294. The number of fused-ring (bicyclic) bond motifs is 1. The van der Waals surface area contributed by atoms with Crippen LogP contribution in [0.4, 0.5) is 33.5 Å². The van der Waals surface area contributed by atoms with E-state index in [0.29, 0.717) is 10.2 Å². The van der Waals surface area contributed by atoms with Gasteiger partial charge < -0.3 is 20.1 Å². The molecular weight excluding hydrogens is 619 g/mol. The molecule has 45 heavy (non-hydrogen) atoms. The van der Waals surface area contributed by atoms with Crippen molar-refractivity contribution in [3.05, 3.63) is 125 Å². The van der Waals surface area contributed by atoms with Crippen molar-refractivity contribution < 1.29 is 36.2 Å². The Bertz CT molecular complexity index is 1770. The largest absolute Gasteiger partial charge is 0.457 e. The highest BCUT2D eigenvalue weighted by molar-refractivity contribution is 6.36. The van der Waals surface area contributed by atoms with E-state index in [1.54, 1.807) is 30.3 Å². The quantitative estimate of drug-likeness (QED) is 0.173. The summed E-state index contributed by atoms with van der Waals surface area (Å²) in [5, 5.41) is 9.27. The zero-order valence-corrected chi connectivity index (χ0v) is 23.7. The maximum atomic E-state index is 14.2. The smallest absolute Gasteiger partial charge is 0.410 e. The molecule has 2 N–H and O–H groups in total. The molecule has 1 aliphatic heterocycles. The standard InChI is InChI=1S/C32H22ClF5N4O3/c33-28-29(41-42-27(32(36,37)38)17-26(40-30(28)42)18-4-2-1-3-5-18)31(43)39-21-14-24(44-22-10-6-19(34)7-11-22)16-25(15-21)45-23-12-8-20(35)9-13-23/h1-16,26-27,40H,17H2,(H,39,43)/t26-,27+/m0/s1. The van der Waals surface area contributed by atoms with Crippen molar-refractivity contribution in [3.8, 4) is 23.0 Å². The summed E-state index contributed by atoms with van der Waals surface area (Å²) in [5.74, 6) is -1.11. The van der Waals surface area contributed by atoms with E-state index >= 15 is 0 Å². The average molecular weight is 641 g/mol. The molecule has 1 aromatic heterocycles. The SMILES string of the molecule is O=C(Nc1cc(Oc2ccc(F)cc2)cc(Oc2ccc(F)cc2)c1)c1nn2c(c1Cl)N[C@H](c1ccccc1)C[C@@H]2C(F)(F)F. The van der Waals surface area contributed by atoms with E-state index in [1.807, 2.05) is 0 Å². The zero-order valence-electron chi connectivity index (χ0n) is 23.0. The first kappa shape index (κ1) is 29.9. The lowest BCUT2D eigenvalue weighted by atomic mass is 9.97. The molecule has 2 heterocycles. The Kier molecular flexibility index (Phi) is 8.07. The molecule has 1 amide bonds. The zero-order chi connectivity index (χ0) is 31.7. The van der Waals surface area contributed by atoms with Gasteiger partial charge in [-0.05, 0) is 54.1 Å². The minimum absolute atomic E-state index is 0.112. The number of halogens is 6. The van der Waals surface area contributed by atoms with Gasteiger partial charge >= 0.3 is 6.18 Å². The predicted octanol–water partition coefficient (Wildman–Crippen LogP) is 9.31. The number of anilines is 2. The maximum absolute atomic E-state index is 14.2. The lowest BCUT2D eigenvalue weighted by Gasteiger charge is -2.33. The lowest BCUT2D eigenvalue weighted by Crippen LogP contribution is -2.35. The van der Waals surface area contributed by atoms with E-state index in [9.17, 15) is 26.7 Å². The van der Waals surface area contributed by atoms with Crippen molar-refractivity contribution >= 4 is 29.0 Å². The van der Waals surface area contributed by atoms with Crippen LogP contribution in [0.2, 0.25) is 5.02 Å². The van der Waals surface area contributed by atoms with Crippen molar-refractivity contribution in [1.82, 2.24) is 9.78 Å². The van der Waals surface area contributed by atoms with E-state index in [-0.39, 0.29) is 45.9 Å². The summed E-state index contributed by atoms with van der Waals surface area (Å²) in [6.07, 6.45) is -5.04. The van der Waals surface area contributed by atoms with Gasteiger partial charge in [0.25, 0.3) is 5.91 Å². The first-order valence-electron chi connectivity index (χ1n) is 13.5. The van der Waals surface area contributed by atoms with Crippen LogP contribution < -0.4 is 20.1 Å². The van der Waals surface area contributed by atoms with Crippen molar-refractivity contribution in [2.75, 3.05) is 10.6 Å². The van der Waals surface area contributed by atoms with Crippen LogP contribution in [0.1, 0.15) is 34.6 Å². The molecule has 0 unspecified atom stereocenters. The summed E-state index contributed by atoms with van der Waals surface area (Å²) in [6, 6.07) is 20.5. The summed E-state index contributed by atoms with van der Waals surface area (Å²) in [7, 11) is 0. The van der Waals surface area contributed by atoms with Crippen molar-refractivity contribution in [2.24, 2.45) is 0 Å². The minimum atomic E-state index is -4.68. The number of hydrogen-bond acceptors (Lipinski definition) is 5. The van der Waals surface area contributed by atoms with Crippen LogP contribution in [0.25, 0.3) is 0 Å². The lowest BCUT2D eigenvalue weighted by molar-refractivity contribution is -0.173. The first-order chi connectivity index (χ1) is 21.5. The normalized spacial score (nSPS) is 16.0. The van der Waals surface area contributed by atoms with Crippen LogP contribution in [-0.4, -0.2) is 21.9 Å². The summed E-state index contributed by atoms with van der Waals surface area (Å²) in [6.45, 7) is 0. The van der Waals surface area contributed by atoms with Gasteiger partial charge in [-0.3, -0.25) is 4.79 Å². The number of carbonyl (C=O) groups is 1. The van der Waals surface area contributed by atoms with E-state index in [0.717, 1.165) is 0 Å². The van der Waals surface area contributed by atoms with Crippen LogP contribution in [0.15, 0.2) is 97.1 Å². The molecule has 4 aromatic carbocycles. The Morgan fingerprint density at radius 3 is 1.93 bits per heavy atom. The van der Waals surface area contributed by atoms with Gasteiger partial charge in [-0.25, -0.2) is 13.5 Å². The third-order valence-electron chi connectivity index (χ3n) is 6.95. The second-order valence-corrected chi connectivity index (χ2v) is 10.5. The van der Waals surface area contributed by atoms with Gasteiger partial charge in [0.1, 0.15) is 45.5 Å². The number of aromatic nitrogens is 2. The monoisotopic (exact) mass is 640 g/mol. The van der Waals surface area contributed by atoms with Gasteiger partial charge in [0, 0.05) is 30.3 Å². The molecule has 13 heteroatoms. The highest BCUT2D eigenvalue weighted by Crippen LogP contribution is 2.46. The molecule has 0 bridgehead atoms. The molecule has 0 spiro atoms. The van der Waals surface area contributed by atoms with Crippen LogP contribution in [0, 0.1) is 11.6 Å². The molecular formula is C32H22ClF5N4O3. The Morgan fingerprint density at radius 1 is 0.844 bits per heavy atom. The van der Waals surface area contributed by atoms with E-state index in [2.05, 4.69) is 15.7 Å². The Labute approximate surface area is 258 Å². The summed E-state index contributed by atoms with van der Waals surface area (Å²) in [4.78, 5) is 13.4. The fourth-order valence-electron chi connectivity index (χ4n) is 4.87. The predicted molar refractivity (Wildman–Crippen MR) is 157 cm³/mol. The molecule has 230 valence electrons. The minimum Gasteiger partial charge on any atom is -0.457 e. The molecule has 6 rings (SSSR count). The number of hydrogen-bond donors (Lipinski definition) is 2. The maximum Gasteiger partial charge on any atom is 0.410 e. The van der Waals surface area contributed by atoms with Gasteiger partial charge in [-0.2, -0.15) is 18.3 Å². The molecule has 1 aliphatic rings. The molecule has 0 radical (unpaired) electrons. The Hall–Kier alpha value is -5.10. The van der Waals surface area contributed by atoms with Crippen molar-refractivity contribution in [2.45, 2.75) is 24.7 Å². The fraction of sp³-hybridized carbons (Fsp3) is 0.125. The van der Waals surface area contributed by atoms with Crippen LogP contribution in [0.3, 0.4) is 0 Å². The molecule has 7 nitrogen and oxygen atoms in total. The van der Waals surface area contributed by atoms with Gasteiger partial charge in [0.15, 0.2) is 11.7 Å². The van der Waals surface area contributed by atoms with E-state index in [4.69, 9.17) is 21.1 Å². The number of nitrogens with one attached hydrogen (secondary N) is 2. The van der Waals surface area contributed by atoms with Crippen molar-refractivity contribution in [1.29, 1.82) is 0 Å². The van der Waals surface area contributed by atoms with Gasteiger partial charge in [0.05, 0.1) is 6.04 Å². The average Bonchev–Trinajstić information content (AvgIpc) is 3.35. The second kappa shape index (κ2) is 12.1. The Morgan fingerprint density at radius 2 is 1.40 bits per heavy atom. The van der Waals surface area contributed by atoms with E-state index < -0.39 is 41.5 Å². The number of rotatable bonds is 7. The van der Waals surface area contributed by atoms with Crippen LogP contribution in [-0.2, 0) is 0 Å². The summed E-state index contributed by atoms with van der Waals surface area (Å²) < 4.78 is 81.7. The number of benzene rings is 4. The molecule has 2 atom stereocenters. The fourth-order valence-corrected chi connectivity index (χ4v) is 5.13. The number of alkyl halides is 3. The number of amides is 1. The Balaban J connectivity index is 1.31. The molecule has 0 saturated carbocycles. The second-order valence-electron chi connectivity index (χ2n) is 10.1. The topological polar surface area (TPSA) is 77.4 Å². The number of nitrogens with zero attached hydrogens (tertiary/aromatic N) is 2. The highest BCUT2D eigenvalue weighted by Gasteiger charge is 2.47. The number of carbonyl (C=O) groups excluding carboxylic acids is 1. The molecule has 5 aromatic rings. The molecule has 0 aliphatic carbocycles. The first-order valence-corrected chi connectivity index (χ1v) is 13.9. The van der Waals surface area contributed by atoms with Gasteiger partial charge in [0.2, 0.25) is 0 Å². The van der Waals surface area contributed by atoms with E-state index in [1.165, 1.54) is 66.7 Å². The summed E-state index contributed by atoms with van der Waals surface area (Å²) >= 11 is 6.49. The highest BCUT2D eigenvalue weighted by atomic mass is 35.5. The van der Waals surface area contributed by atoms with Crippen LogP contribution in [0.5, 0.6) is 23.0 Å². The van der Waals surface area contributed by atoms with Crippen molar-refractivity contribution in [3.63, 3.8) is 0 Å². The van der Waals surface area contributed by atoms with Crippen LogP contribution >= 0.6 is 11.6 Å². The third kappa shape index (κ3) is 6.70. The van der Waals surface area contributed by atoms with Gasteiger partial charge in [-0.1, -0.05) is 41.9 Å².